The fraction of sp³-hybridized carbons (Fsp3) is 0.231. The molecule has 1 heterocycles. The lowest BCUT2D eigenvalue weighted by molar-refractivity contribution is 0.183. The van der Waals surface area contributed by atoms with Gasteiger partial charge >= 0.3 is 0 Å². The molecule has 1 aromatic carbocycles. The summed E-state index contributed by atoms with van der Waals surface area (Å²) in [5.74, 6) is 0.254. The Balaban J connectivity index is 2.50. The van der Waals surface area contributed by atoms with Gasteiger partial charge < -0.3 is 14.3 Å². The van der Waals surface area contributed by atoms with Crippen LogP contribution < -0.4 is 4.74 Å². The predicted octanol–water partition coefficient (Wildman–Crippen LogP) is 3.58. The average Bonchev–Trinajstić information content (AvgIpc) is 2.77. The van der Waals surface area contributed by atoms with E-state index in [0.29, 0.717) is 11.3 Å². The number of aliphatic hydroxyl groups excluding tert-OH is 1. The number of ether oxygens (including phenoxy) is 1. The van der Waals surface area contributed by atoms with E-state index >= 15 is 0 Å². The molecule has 1 aromatic heterocycles. The summed E-state index contributed by atoms with van der Waals surface area (Å²) in [5.41, 5.74) is 1.27. The van der Waals surface area contributed by atoms with Crippen LogP contribution in [0.1, 0.15) is 23.0 Å². The van der Waals surface area contributed by atoms with Gasteiger partial charge in [0.05, 0.1) is 17.8 Å². The molecule has 0 aliphatic rings. The smallest absolute Gasteiger partial charge is 0.141 e. The van der Waals surface area contributed by atoms with Crippen molar-refractivity contribution in [3.8, 4) is 5.75 Å². The van der Waals surface area contributed by atoms with Crippen molar-refractivity contribution in [1.82, 2.24) is 0 Å². The largest absolute Gasteiger partial charge is 0.496 e. The van der Waals surface area contributed by atoms with Crippen LogP contribution in [-0.4, -0.2) is 12.2 Å². The molecule has 0 aliphatic heterocycles. The van der Waals surface area contributed by atoms with Crippen molar-refractivity contribution in [2.24, 2.45) is 0 Å². The normalized spacial score (nSPS) is 12.5. The second-order valence-corrected chi connectivity index (χ2v) is 4.73. The summed E-state index contributed by atoms with van der Waals surface area (Å²) in [6.07, 6.45) is 0.505. The van der Waals surface area contributed by atoms with Crippen molar-refractivity contribution in [2.45, 2.75) is 13.0 Å². The molecule has 0 radical (unpaired) electrons. The highest BCUT2D eigenvalue weighted by molar-refractivity contribution is 9.10. The van der Waals surface area contributed by atoms with Crippen molar-refractivity contribution in [3.05, 3.63) is 51.6 Å². The van der Waals surface area contributed by atoms with E-state index in [1.54, 1.807) is 6.07 Å². The van der Waals surface area contributed by atoms with E-state index < -0.39 is 11.9 Å². The lowest BCUT2D eigenvalue weighted by atomic mass is 10.0. The summed E-state index contributed by atoms with van der Waals surface area (Å²) in [6.45, 7) is 1.83. The third-order valence-corrected chi connectivity index (χ3v) is 3.32. The van der Waals surface area contributed by atoms with Gasteiger partial charge in [0, 0.05) is 11.6 Å². The van der Waals surface area contributed by atoms with Crippen LogP contribution in [0.25, 0.3) is 0 Å². The van der Waals surface area contributed by atoms with Gasteiger partial charge in [0.1, 0.15) is 23.4 Å². The Morgan fingerprint density at radius 3 is 2.72 bits per heavy atom. The van der Waals surface area contributed by atoms with Crippen molar-refractivity contribution in [3.63, 3.8) is 0 Å². The molecule has 0 saturated carbocycles. The minimum atomic E-state index is -0.994. The molecule has 3 nitrogen and oxygen atoms in total. The van der Waals surface area contributed by atoms with Crippen molar-refractivity contribution < 1.29 is 18.7 Å². The van der Waals surface area contributed by atoms with Gasteiger partial charge in [-0.2, -0.15) is 0 Å². The van der Waals surface area contributed by atoms with Crippen LogP contribution in [0.15, 0.2) is 33.4 Å². The number of aryl methyl sites for hydroxylation is 1. The zero-order chi connectivity index (χ0) is 13.3. The van der Waals surface area contributed by atoms with E-state index in [2.05, 4.69) is 15.9 Å². The fourth-order valence-corrected chi connectivity index (χ4v) is 2.10. The van der Waals surface area contributed by atoms with Crippen LogP contribution in [-0.2, 0) is 0 Å². The number of hydrogen-bond acceptors (Lipinski definition) is 3. The Hall–Kier alpha value is -1.33. The van der Waals surface area contributed by atoms with Gasteiger partial charge in [-0.15, -0.1) is 0 Å². The molecular weight excluding hydrogens is 303 g/mol. The maximum absolute atomic E-state index is 13.4. The second-order valence-electron chi connectivity index (χ2n) is 3.88. The zero-order valence-corrected chi connectivity index (χ0v) is 11.5. The van der Waals surface area contributed by atoms with Gasteiger partial charge in [-0.05, 0) is 40.5 Å². The van der Waals surface area contributed by atoms with Gasteiger partial charge in [-0.1, -0.05) is 0 Å². The number of hydrogen-bond donors (Lipinski definition) is 1. The SMILES string of the molecule is COc1cc(F)c(Br)cc1C(O)c1occc1C. The molecule has 0 aliphatic carbocycles. The zero-order valence-electron chi connectivity index (χ0n) is 9.91. The first-order valence-electron chi connectivity index (χ1n) is 5.29. The Labute approximate surface area is 112 Å². The summed E-state index contributed by atoms with van der Waals surface area (Å²) in [7, 11) is 1.42. The quantitative estimate of drug-likeness (QED) is 0.941. The van der Waals surface area contributed by atoms with Crippen LogP contribution in [0.3, 0.4) is 0 Å². The monoisotopic (exact) mass is 314 g/mol. The van der Waals surface area contributed by atoms with E-state index in [4.69, 9.17) is 9.15 Å². The van der Waals surface area contributed by atoms with Gasteiger partial charge in [-0.25, -0.2) is 4.39 Å². The summed E-state index contributed by atoms with van der Waals surface area (Å²) in [6, 6.07) is 4.46. The molecule has 1 N–H and O–H groups in total. The topological polar surface area (TPSA) is 42.6 Å². The van der Waals surface area contributed by atoms with E-state index in [0.717, 1.165) is 5.56 Å². The summed E-state index contributed by atoms with van der Waals surface area (Å²) in [4.78, 5) is 0. The summed E-state index contributed by atoms with van der Waals surface area (Å²) < 4.78 is 24.0. The first-order valence-corrected chi connectivity index (χ1v) is 6.09. The van der Waals surface area contributed by atoms with Crippen LogP contribution in [0.4, 0.5) is 4.39 Å². The lowest BCUT2D eigenvalue weighted by Gasteiger charge is -2.14. The lowest BCUT2D eigenvalue weighted by Crippen LogP contribution is -2.03. The number of halogens is 2. The third kappa shape index (κ3) is 2.28. The highest BCUT2D eigenvalue weighted by Crippen LogP contribution is 2.35. The number of furan rings is 1. The molecule has 18 heavy (non-hydrogen) atoms. The first-order chi connectivity index (χ1) is 8.54. The molecule has 0 spiro atoms. The number of rotatable bonds is 3. The molecule has 0 amide bonds. The number of aliphatic hydroxyl groups is 1. The second kappa shape index (κ2) is 5.12. The summed E-state index contributed by atoms with van der Waals surface area (Å²) in [5, 5.41) is 10.3. The van der Waals surface area contributed by atoms with Crippen LogP contribution in [0.5, 0.6) is 5.75 Å². The molecule has 0 saturated heterocycles. The van der Waals surface area contributed by atoms with Gasteiger partial charge in [0.2, 0.25) is 0 Å². The molecule has 5 heteroatoms. The molecule has 1 unspecified atom stereocenters. The maximum Gasteiger partial charge on any atom is 0.141 e. The molecule has 0 fully saturated rings. The van der Waals surface area contributed by atoms with Gasteiger partial charge in [0.25, 0.3) is 0 Å². The van der Waals surface area contributed by atoms with E-state index in [9.17, 15) is 9.50 Å². The van der Waals surface area contributed by atoms with Crippen LogP contribution >= 0.6 is 15.9 Å². The molecule has 96 valence electrons. The minimum absolute atomic E-state index is 0.265. The van der Waals surface area contributed by atoms with Crippen molar-refractivity contribution in [2.75, 3.05) is 7.11 Å². The Morgan fingerprint density at radius 2 is 2.17 bits per heavy atom. The van der Waals surface area contributed by atoms with Gasteiger partial charge in [0.15, 0.2) is 0 Å². The number of benzene rings is 1. The fourth-order valence-electron chi connectivity index (χ4n) is 1.74. The third-order valence-electron chi connectivity index (χ3n) is 2.72. The standard InChI is InChI=1S/C13H12BrFO3/c1-7-3-4-18-13(7)12(16)8-5-9(14)10(15)6-11(8)17-2/h3-6,12,16H,1-2H3. The molecule has 2 aromatic rings. The van der Waals surface area contributed by atoms with E-state index in [1.165, 1.54) is 25.5 Å². The van der Waals surface area contributed by atoms with E-state index in [-0.39, 0.29) is 10.2 Å². The molecule has 0 bridgehead atoms. The average molecular weight is 315 g/mol. The summed E-state index contributed by atoms with van der Waals surface area (Å²) >= 11 is 3.09. The Morgan fingerprint density at radius 1 is 1.44 bits per heavy atom. The Kier molecular flexibility index (Phi) is 3.73. The maximum atomic E-state index is 13.4. The first kappa shape index (κ1) is 13.1. The Bertz CT molecular complexity index is 565. The minimum Gasteiger partial charge on any atom is -0.496 e. The molecular formula is C13H12BrFO3. The highest BCUT2D eigenvalue weighted by atomic mass is 79.9. The molecule has 2 rings (SSSR count). The van der Waals surface area contributed by atoms with E-state index in [1.807, 2.05) is 6.92 Å². The predicted molar refractivity (Wildman–Crippen MR) is 68.2 cm³/mol. The molecule has 1 atom stereocenters. The van der Waals surface area contributed by atoms with Crippen molar-refractivity contribution >= 4 is 15.9 Å². The highest BCUT2D eigenvalue weighted by Gasteiger charge is 2.21. The van der Waals surface area contributed by atoms with Gasteiger partial charge in [-0.3, -0.25) is 0 Å². The van der Waals surface area contributed by atoms with Crippen LogP contribution in [0.2, 0.25) is 0 Å². The van der Waals surface area contributed by atoms with Crippen molar-refractivity contribution in [1.29, 1.82) is 0 Å². The van der Waals surface area contributed by atoms with Crippen LogP contribution in [0, 0.1) is 12.7 Å². The number of methoxy groups -OCH3 is 1.